The van der Waals surface area contributed by atoms with Gasteiger partial charge in [0.2, 0.25) is 17.7 Å². The molecular formula is C51H56F2N14O4. The fourth-order valence-corrected chi connectivity index (χ4v) is 11.0. The number of amides is 2. The third-order valence-electron chi connectivity index (χ3n) is 14.6. The highest BCUT2D eigenvalue weighted by Crippen LogP contribution is 2.36. The monoisotopic (exact) mass is 966 g/mol. The molecule has 9 heterocycles. The van der Waals surface area contributed by atoms with Gasteiger partial charge in [0.05, 0.1) is 67.4 Å². The van der Waals surface area contributed by atoms with E-state index in [0.29, 0.717) is 73.8 Å². The van der Waals surface area contributed by atoms with Gasteiger partial charge in [0.15, 0.2) is 11.6 Å². The average molecular weight is 967 g/mol. The number of benzene rings is 1. The van der Waals surface area contributed by atoms with Crippen LogP contribution in [0.15, 0.2) is 73.6 Å². The zero-order chi connectivity index (χ0) is 48.8. The number of nitrogens with zero attached hydrogens (tertiary/aromatic N) is 12. The molecule has 4 saturated heterocycles. The number of hydrogen-bond donors (Lipinski definition) is 2. The molecule has 5 aliphatic rings. The molecule has 0 spiro atoms. The molecule has 11 rings (SSSR count). The van der Waals surface area contributed by atoms with E-state index in [-0.39, 0.29) is 54.4 Å². The van der Waals surface area contributed by atoms with Gasteiger partial charge in [0, 0.05) is 99.7 Å². The number of carbonyl (C=O) groups is 2. The Morgan fingerprint density at radius 2 is 1.61 bits per heavy atom. The Bertz CT molecular complexity index is 2920. The number of aromatic nitrogens is 7. The number of pyridine rings is 2. The van der Waals surface area contributed by atoms with Crippen molar-refractivity contribution >= 4 is 34.5 Å². The lowest BCUT2D eigenvalue weighted by atomic mass is 9.90. The number of piperazine rings is 2. The van der Waals surface area contributed by atoms with Crippen LogP contribution in [0.25, 0.3) is 28.0 Å². The van der Waals surface area contributed by atoms with Gasteiger partial charge in [-0.1, -0.05) is 6.07 Å². The molecule has 6 aromatic rings. The fraction of sp³-hybridized carbons (Fsp3) is 0.451. The Morgan fingerprint density at radius 1 is 0.845 bits per heavy atom. The summed E-state index contributed by atoms with van der Waals surface area (Å²) < 4.78 is 46.3. The molecule has 3 atom stereocenters. The van der Waals surface area contributed by atoms with Crippen molar-refractivity contribution in [2.75, 3.05) is 67.6 Å². The zero-order valence-electron chi connectivity index (χ0n) is 39.8. The smallest absolute Gasteiger partial charge is 0.249 e. The number of imide groups is 1. The first-order valence-corrected chi connectivity index (χ1v) is 24.6. The molecule has 71 heavy (non-hydrogen) atoms. The number of anilines is 3. The van der Waals surface area contributed by atoms with Crippen LogP contribution in [-0.2, 0) is 20.9 Å². The van der Waals surface area contributed by atoms with Crippen molar-refractivity contribution in [1.82, 2.24) is 49.5 Å². The van der Waals surface area contributed by atoms with Crippen LogP contribution >= 0.6 is 0 Å². The fourth-order valence-electron chi connectivity index (χ4n) is 11.0. The Hall–Kier alpha value is -7.08. The number of nitriles is 1. The van der Waals surface area contributed by atoms with E-state index in [1.165, 1.54) is 12.1 Å². The summed E-state index contributed by atoms with van der Waals surface area (Å²) >= 11 is 0. The molecule has 2 N–H and O–H groups in total. The summed E-state index contributed by atoms with van der Waals surface area (Å²) in [5.41, 5.74) is 5.18. The Balaban J connectivity index is 0.718. The van der Waals surface area contributed by atoms with Gasteiger partial charge in [0.25, 0.3) is 0 Å². The first kappa shape index (κ1) is 46.3. The highest BCUT2D eigenvalue weighted by Gasteiger charge is 2.39. The summed E-state index contributed by atoms with van der Waals surface area (Å²) in [4.78, 5) is 47.4. The summed E-state index contributed by atoms with van der Waals surface area (Å²) in [5, 5.41) is 24.6. The number of nitrogens with one attached hydrogen (secondary N) is 2. The molecule has 1 aliphatic carbocycles. The van der Waals surface area contributed by atoms with E-state index in [9.17, 15) is 14.9 Å². The van der Waals surface area contributed by atoms with Crippen molar-refractivity contribution in [2.45, 2.75) is 95.2 Å². The van der Waals surface area contributed by atoms with E-state index in [4.69, 9.17) is 24.5 Å². The van der Waals surface area contributed by atoms with Crippen LogP contribution in [0.2, 0.25) is 0 Å². The Morgan fingerprint density at radius 3 is 2.28 bits per heavy atom. The van der Waals surface area contributed by atoms with Gasteiger partial charge in [-0.05, 0) is 75.8 Å². The largest absolute Gasteiger partial charge is 0.475 e. The highest BCUT2D eigenvalue weighted by atomic mass is 19.1. The molecule has 1 aromatic carbocycles. The Labute approximate surface area is 409 Å². The van der Waals surface area contributed by atoms with Gasteiger partial charge in [0.1, 0.15) is 34.7 Å². The summed E-state index contributed by atoms with van der Waals surface area (Å²) in [6.45, 7) is 9.92. The van der Waals surface area contributed by atoms with Crippen LogP contribution in [0, 0.1) is 23.0 Å². The number of ether oxygens (including phenoxy) is 2. The predicted molar refractivity (Wildman–Crippen MR) is 260 cm³/mol. The lowest BCUT2D eigenvalue weighted by Gasteiger charge is -2.50. The van der Waals surface area contributed by atoms with Crippen LogP contribution in [0.3, 0.4) is 0 Å². The zero-order valence-corrected chi connectivity index (χ0v) is 39.8. The van der Waals surface area contributed by atoms with Gasteiger partial charge in [-0.3, -0.25) is 29.4 Å². The molecule has 5 fully saturated rings. The summed E-state index contributed by atoms with van der Waals surface area (Å²) in [5.74, 6) is -0.729. The van der Waals surface area contributed by atoms with Crippen molar-refractivity contribution in [3.05, 3.63) is 96.3 Å². The van der Waals surface area contributed by atoms with Gasteiger partial charge < -0.3 is 24.6 Å². The number of fused-ring (bicyclic) bond motifs is 3. The van der Waals surface area contributed by atoms with Crippen molar-refractivity contribution < 1.29 is 27.8 Å². The number of hydrogen-bond acceptors (Lipinski definition) is 15. The molecular weight excluding hydrogens is 911 g/mol. The molecule has 4 aliphatic heterocycles. The van der Waals surface area contributed by atoms with E-state index < -0.39 is 23.6 Å². The second-order valence-electron chi connectivity index (χ2n) is 19.6. The third-order valence-corrected chi connectivity index (χ3v) is 14.6. The number of halogens is 2. The van der Waals surface area contributed by atoms with E-state index in [0.717, 1.165) is 67.8 Å². The lowest BCUT2D eigenvalue weighted by molar-refractivity contribution is -0.133. The molecule has 368 valence electrons. The summed E-state index contributed by atoms with van der Waals surface area (Å²) in [7, 11) is 0. The van der Waals surface area contributed by atoms with Gasteiger partial charge in [-0.25, -0.2) is 28.2 Å². The first-order valence-electron chi connectivity index (χ1n) is 24.6. The molecule has 1 saturated carbocycles. The van der Waals surface area contributed by atoms with Crippen LogP contribution in [-0.4, -0.2) is 139 Å². The van der Waals surface area contributed by atoms with Gasteiger partial charge >= 0.3 is 0 Å². The summed E-state index contributed by atoms with van der Waals surface area (Å²) in [6, 6.07) is 13.0. The SMILES string of the molecule is CC(C)Oc1ccc(CN2[C@@H]3COC[C@H]2CN(c2ccc(-c4nc(-c5cnn([C@H]6CC[C@H](N7CCN(c8c(F)cc(NC9CCC(=O)NC9=O)cc8F)CC7)CC6)c5)cn5ncc(C#N)c45)cn2)C3)cn1. The normalized spacial score (nSPS) is 23.2. The van der Waals surface area contributed by atoms with Crippen molar-refractivity contribution in [3.8, 4) is 34.5 Å². The molecule has 18 nitrogen and oxygen atoms in total. The van der Waals surface area contributed by atoms with Crippen LogP contribution in [0.4, 0.5) is 26.0 Å². The molecule has 2 amide bonds. The van der Waals surface area contributed by atoms with E-state index in [1.807, 2.05) is 67.7 Å². The maximum atomic E-state index is 15.4. The standard InChI is InChI=1S/C51H56F2N14O4/c1-31(2)71-47-12-3-32(20-56-47)24-65-39-26-64(27-40(65)30-70-29-39)45-10-4-33(21-55-45)48-49-34(19-54)22-58-67(49)28-44(60-48)35-23-57-66(25-35)38-7-5-37(6-8-38)62-13-15-63(16-14-62)50-41(52)17-36(18-42(50)53)59-43-9-11-46(68)61-51(43)69/h3-4,10,12,17-18,20-23,25,28,31,37-40,43,59H,5-9,11,13-16,24,26-27,29-30H2,1-2H3,(H,61,68,69)/t37-,38-,39-,40+,43?. The molecule has 1 unspecified atom stereocenters. The molecule has 5 aromatic heterocycles. The van der Waals surface area contributed by atoms with Gasteiger partial charge in [-0.15, -0.1) is 0 Å². The van der Waals surface area contributed by atoms with E-state index in [2.05, 4.69) is 47.6 Å². The van der Waals surface area contributed by atoms with Crippen molar-refractivity contribution in [3.63, 3.8) is 0 Å². The van der Waals surface area contributed by atoms with Crippen LogP contribution in [0.1, 0.15) is 69.5 Å². The van der Waals surface area contributed by atoms with Gasteiger partial charge in [-0.2, -0.15) is 15.5 Å². The molecule has 0 radical (unpaired) electrons. The topological polar surface area (TPSA) is 187 Å². The van der Waals surface area contributed by atoms with Crippen LogP contribution in [0.5, 0.6) is 5.88 Å². The van der Waals surface area contributed by atoms with Crippen LogP contribution < -0.4 is 25.2 Å². The minimum atomic E-state index is -0.733. The van der Waals surface area contributed by atoms with E-state index in [1.54, 1.807) is 15.6 Å². The quantitative estimate of drug-likeness (QED) is 0.144. The highest BCUT2D eigenvalue weighted by molar-refractivity contribution is 6.01. The minimum absolute atomic E-state index is 0.0611. The number of rotatable bonds is 12. The molecule has 2 bridgehead atoms. The lowest BCUT2D eigenvalue weighted by Crippen LogP contribution is -2.64. The first-order chi connectivity index (χ1) is 34.5. The van der Waals surface area contributed by atoms with Crippen molar-refractivity contribution in [1.29, 1.82) is 5.26 Å². The summed E-state index contributed by atoms with van der Waals surface area (Å²) in [6.07, 6.45) is 15.3. The number of morpholine rings is 1. The third kappa shape index (κ3) is 9.61. The van der Waals surface area contributed by atoms with E-state index >= 15 is 8.78 Å². The number of carbonyl (C=O) groups excluding carboxylic acids is 2. The maximum absolute atomic E-state index is 15.4. The second kappa shape index (κ2) is 19.6. The minimum Gasteiger partial charge on any atom is -0.475 e. The molecule has 20 heteroatoms. The Kier molecular flexibility index (Phi) is 12.8. The second-order valence-corrected chi connectivity index (χ2v) is 19.6. The number of piperidine rings is 1. The maximum Gasteiger partial charge on any atom is 0.249 e. The van der Waals surface area contributed by atoms with Crippen molar-refractivity contribution in [2.24, 2.45) is 0 Å². The predicted octanol–water partition coefficient (Wildman–Crippen LogP) is 5.60. The average Bonchev–Trinajstić information content (AvgIpc) is 4.04.